The summed E-state index contributed by atoms with van der Waals surface area (Å²) < 4.78 is 12.4. The zero-order valence-corrected chi connectivity index (χ0v) is 24.3. The van der Waals surface area contributed by atoms with Crippen molar-refractivity contribution in [1.29, 1.82) is 0 Å². The number of anilines is 1. The van der Waals surface area contributed by atoms with Gasteiger partial charge in [-0.3, -0.25) is 20.2 Å². The van der Waals surface area contributed by atoms with Gasteiger partial charge in [0.2, 0.25) is 0 Å². The Labute approximate surface area is 243 Å². The molecule has 0 bridgehead atoms. The number of nitrogens with one attached hydrogen (secondary N) is 2. The summed E-state index contributed by atoms with van der Waals surface area (Å²) in [5.74, 6) is 0.725. The summed E-state index contributed by atoms with van der Waals surface area (Å²) in [4.78, 5) is 28.4. The molecule has 1 fully saturated rings. The number of morpholine rings is 1. The van der Waals surface area contributed by atoms with E-state index < -0.39 is 5.60 Å². The molecule has 41 heavy (non-hydrogen) atoms. The SMILES string of the molecule is CCNC(=O)Nc1nc2cc(C3=CN=C(C(C)(C)O)C=C=C3)cc(-c3cc(OCCN4CCOCC4)ccn3)c2s1. The van der Waals surface area contributed by atoms with Gasteiger partial charge >= 0.3 is 6.03 Å². The zero-order chi connectivity index (χ0) is 28.8. The average Bonchev–Trinajstić information content (AvgIpc) is 3.17. The molecule has 3 aromatic rings. The van der Waals surface area contributed by atoms with Gasteiger partial charge in [0.1, 0.15) is 18.0 Å². The van der Waals surface area contributed by atoms with Crippen LogP contribution in [0.3, 0.4) is 0 Å². The monoisotopic (exact) mass is 574 g/mol. The van der Waals surface area contributed by atoms with Crippen LogP contribution in [0.25, 0.3) is 27.0 Å². The van der Waals surface area contributed by atoms with Crippen LogP contribution < -0.4 is 15.4 Å². The Morgan fingerprint density at radius 1 is 1.24 bits per heavy atom. The van der Waals surface area contributed by atoms with E-state index in [4.69, 9.17) is 14.5 Å². The molecule has 10 nitrogen and oxygen atoms in total. The second-order valence-electron chi connectivity index (χ2n) is 10.2. The highest BCUT2D eigenvalue weighted by Gasteiger charge is 2.20. The number of aromatic nitrogens is 2. The number of amides is 2. The fraction of sp³-hybridized carbons (Fsp3) is 0.367. The number of fused-ring (bicyclic) bond motifs is 1. The molecule has 0 atom stereocenters. The third-order valence-corrected chi connectivity index (χ3v) is 7.62. The molecule has 4 heterocycles. The number of nitrogens with zero attached hydrogens (tertiary/aromatic N) is 4. The average molecular weight is 575 g/mol. The molecule has 3 N–H and O–H groups in total. The van der Waals surface area contributed by atoms with Crippen LogP contribution in [0.2, 0.25) is 0 Å². The number of allylic oxidation sites excluding steroid dienone is 1. The number of hydrogen-bond acceptors (Lipinski definition) is 9. The fourth-order valence-corrected chi connectivity index (χ4v) is 5.39. The largest absolute Gasteiger partial charge is 0.492 e. The minimum Gasteiger partial charge on any atom is -0.492 e. The van der Waals surface area contributed by atoms with Gasteiger partial charge in [0, 0.05) is 61.9 Å². The normalized spacial score (nSPS) is 15.8. The first-order valence-corrected chi connectivity index (χ1v) is 14.4. The highest BCUT2D eigenvalue weighted by atomic mass is 32.1. The Balaban J connectivity index is 1.50. The summed E-state index contributed by atoms with van der Waals surface area (Å²) >= 11 is 1.38. The molecule has 0 radical (unpaired) electrons. The number of urea groups is 1. The Morgan fingerprint density at radius 2 is 2.07 bits per heavy atom. The molecule has 0 unspecified atom stereocenters. The summed E-state index contributed by atoms with van der Waals surface area (Å²) in [5.41, 5.74) is 6.48. The molecule has 2 amide bonds. The lowest BCUT2D eigenvalue weighted by atomic mass is 10.0. The summed E-state index contributed by atoms with van der Waals surface area (Å²) in [7, 11) is 0. The minimum absolute atomic E-state index is 0.310. The topological polar surface area (TPSA) is 121 Å². The number of aliphatic imine (C=N–C) groups is 1. The van der Waals surface area contributed by atoms with E-state index in [0.717, 1.165) is 65.7 Å². The van der Waals surface area contributed by atoms with Crippen molar-refractivity contribution in [3.8, 4) is 17.0 Å². The van der Waals surface area contributed by atoms with Gasteiger partial charge in [-0.1, -0.05) is 11.3 Å². The van der Waals surface area contributed by atoms with Crippen molar-refractivity contribution >= 4 is 44.0 Å². The van der Waals surface area contributed by atoms with Gasteiger partial charge in [0.05, 0.1) is 34.8 Å². The van der Waals surface area contributed by atoms with E-state index in [1.807, 2.05) is 37.3 Å². The van der Waals surface area contributed by atoms with Gasteiger partial charge in [-0.25, -0.2) is 9.78 Å². The van der Waals surface area contributed by atoms with Crippen LogP contribution in [0.15, 0.2) is 59.5 Å². The number of pyridine rings is 1. The number of rotatable bonds is 9. The number of aliphatic hydroxyl groups is 1. The molecule has 1 aromatic carbocycles. The van der Waals surface area contributed by atoms with Crippen molar-refractivity contribution < 1.29 is 19.4 Å². The maximum atomic E-state index is 12.2. The maximum Gasteiger partial charge on any atom is 0.321 e. The van der Waals surface area contributed by atoms with Crippen LogP contribution in [-0.4, -0.2) is 83.3 Å². The number of thiazole rings is 1. The van der Waals surface area contributed by atoms with E-state index >= 15 is 0 Å². The molecule has 2 aliphatic heterocycles. The molecule has 0 spiro atoms. The van der Waals surface area contributed by atoms with Crippen LogP contribution in [0.1, 0.15) is 26.3 Å². The van der Waals surface area contributed by atoms with Crippen molar-refractivity contribution in [2.24, 2.45) is 4.99 Å². The van der Waals surface area contributed by atoms with Crippen molar-refractivity contribution in [3.05, 3.63) is 60.1 Å². The van der Waals surface area contributed by atoms with E-state index in [9.17, 15) is 9.90 Å². The highest BCUT2D eigenvalue weighted by Crippen LogP contribution is 2.38. The van der Waals surface area contributed by atoms with Crippen LogP contribution in [0.5, 0.6) is 5.75 Å². The van der Waals surface area contributed by atoms with E-state index in [1.54, 1.807) is 32.3 Å². The molecule has 2 aromatic heterocycles. The van der Waals surface area contributed by atoms with Crippen LogP contribution in [0.4, 0.5) is 9.93 Å². The van der Waals surface area contributed by atoms with Crippen molar-refractivity contribution in [2.75, 3.05) is 51.3 Å². The predicted molar refractivity (Wildman–Crippen MR) is 163 cm³/mol. The second-order valence-corrected chi connectivity index (χ2v) is 11.2. The molecule has 11 heteroatoms. The molecule has 5 rings (SSSR count). The van der Waals surface area contributed by atoms with Gasteiger partial charge in [-0.2, -0.15) is 0 Å². The maximum absolute atomic E-state index is 12.2. The standard InChI is InChI=1S/C30H34N6O4S/c1-4-31-28(37)35-29-34-25-17-21(20-6-5-7-26(33-19-20)30(2,3)38)16-23(27(25)41-29)24-18-22(8-9-32-24)40-15-12-36-10-13-39-14-11-36/h6-9,16-19,38H,4,10-15H2,1-3H3,(H2,31,34,35,37). The molecule has 214 valence electrons. The first kappa shape index (κ1) is 28.7. The van der Waals surface area contributed by atoms with Gasteiger partial charge in [-0.05, 0) is 50.6 Å². The predicted octanol–water partition coefficient (Wildman–Crippen LogP) is 4.49. The number of hydrogen-bond donors (Lipinski definition) is 3. The van der Waals surface area contributed by atoms with Gasteiger partial charge < -0.3 is 19.9 Å². The van der Waals surface area contributed by atoms with Gasteiger partial charge in [0.25, 0.3) is 0 Å². The number of benzene rings is 1. The Morgan fingerprint density at radius 3 is 2.85 bits per heavy atom. The van der Waals surface area contributed by atoms with Crippen molar-refractivity contribution in [1.82, 2.24) is 20.2 Å². The zero-order valence-electron chi connectivity index (χ0n) is 23.4. The molecule has 0 saturated carbocycles. The molecule has 0 aliphatic carbocycles. The molecule has 1 saturated heterocycles. The molecule has 2 aliphatic rings. The van der Waals surface area contributed by atoms with Crippen molar-refractivity contribution in [3.63, 3.8) is 0 Å². The third-order valence-electron chi connectivity index (χ3n) is 6.60. The summed E-state index contributed by atoms with van der Waals surface area (Å²) in [6.45, 7) is 10.5. The lowest BCUT2D eigenvalue weighted by molar-refractivity contribution is 0.0322. The second kappa shape index (κ2) is 12.8. The fourth-order valence-electron chi connectivity index (χ4n) is 4.43. The lowest BCUT2D eigenvalue weighted by Crippen LogP contribution is -2.38. The minimum atomic E-state index is -1.09. The van der Waals surface area contributed by atoms with E-state index in [1.165, 1.54) is 11.3 Å². The first-order chi connectivity index (χ1) is 19.8. The molecular formula is C30H34N6O4S. The Kier molecular flexibility index (Phi) is 8.92. The van der Waals surface area contributed by atoms with E-state index in [0.29, 0.717) is 29.5 Å². The number of ether oxygens (including phenoxy) is 2. The Hall–Kier alpha value is -3.86. The van der Waals surface area contributed by atoms with E-state index in [2.05, 4.69) is 31.2 Å². The van der Waals surface area contributed by atoms with Crippen LogP contribution in [0, 0.1) is 0 Å². The third kappa shape index (κ3) is 7.27. The van der Waals surface area contributed by atoms with Crippen LogP contribution in [-0.2, 0) is 4.74 Å². The molecular weight excluding hydrogens is 540 g/mol. The van der Waals surface area contributed by atoms with Gasteiger partial charge in [-0.15, -0.1) is 5.73 Å². The first-order valence-electron chi connectivity index (χ1n) is 13.6. The number of carbonyl (C=O) groups is 1. The highest BCUT2D eigenvalue weighted by molar-refractivity contribution is 7.22. The van der Waals surface area contributed by atoms with Gasteiger partial charge in [0.15, 0.2) is 5.13 Å². The quantitative estimate of drug-likeness (QED) is 0.322. The van der Waals surface area contributed by atoms with Crippen LogP contribution >= 0.6 is 11.3 Å². The summed E-state index contributed by atoms with van der Waals surface area (Å²) in [6.07, 6.45) is 6.96. The smallest absolute Gasteiger partial charge is 0.321 e. The van der Waals surface area contributed by atoms with Crippen molar-refractivity contribution in [2.45, 2.75) is 26.4 Å². The number of carbonyl (C=O) groups excluding carboxylic acids is 1. The Bertz CT molecular complexity index is 1540. The summed E-state index contributed by atoms with van der Waals surface area (Å²) in [5, 5.41) is 16.5. The summed E-state index contributed by atoms with van der Waals surface area (Å²) in [6, 6.07) is 7.46. The lowest BCUT2D eigenvalue weighted by Gasteiger charge is -2.26. The van der Waals surface area contributed by atoms with E-state index in [-0.39, 0.29) is 6.03 Å².